The minimum absolute atomic E-state index is 0.228. The fourth-order valence-corrected chi connectivity index (χ4v) is 3.72. The van der Waals surface area contributed by atoms with Gasteiger partial charge in [-0.2, -0.15) is 0 Å². The number of piperazine rings is 1. The van der Waals surface area contributed by atoms with Crippen LogP contribution in [0.15, 0.2) is 18.2 Å². The number of hydrogen-bond acceptors (Lipinski definition) is 3. The first kappa shape index (κ1) is 16.5. The number of rotatable bonds is 4. The smallest absolute Gasteiger partial charge is 0.227 e. The molecule has 1 saturated heterocycles. The molecule has 4 heteroatoms. The van der Waals surface area contributed by atoms with Gasteiger partial charge in [0, 0.05) is 32.7 Å². The van der Waals surface area contributed by atoms with Crippen LogP contribution < -0.4 is 0 Å². The molecule has 0 spiro atoms. The number of carbonyl (C=O) groups excluding carboxylic acids is 1. The van der Waals surface area contributed by atoms with E-state index in [4.69, 9.17) is 0 Å². The fraction of sp³-hybridized carbons (Fsp3) is 0.632. The Hall–Kier alpha value is -1.39. The third-order valence-electron chi connectivity index (χ3n) is 4.85. The Bertz CT molecular complexity index is 569. The number of nitrogens with zero attached hydrogens (tertiary/aromatic N) is 2. The van der Waals surface area contributed by atoms with Crippen molar-refractivity contribution in [1.82, 2.24) is 9.80 Å². The van der Waals surface area contributed by atoms with Crippen LogP contribution in [0.2, 0.25) is 0 Å². The van der Waals surface area contributed by atoms with Crippen molar-refractivity contribution in [3.05, 3.63) is 34.9 Å². The normalized spacial score (nSPS) is 19.0. The predicted molar refractivity (Wildman–Crippen MR) is 91.5 cm³/mol. The first-order valence-electron chi connectivity index (χ1n) is 8.74. The highest BCUT2D eigenvalue weighted by Gasteiger charge is 2.25. The Balaban J connectivity index is 1.52. The van der Waals surface area contributed by atoms with Crippen LogP contribution in [-0.2, 0) is 24.1 Å². The van der Waals surface area contributed by atoms with Gasteiger partial charge in [-0.15, -0.1) is 0 Å². The highest BCUT2D eigenvalue weighted by molar-refractivity contribution is 5.79. The Morgan fingerprint density at radius 3 is 2.52 bits per heavy atom. The lowest BCUT2D eigenvalue weighted by atomic mass is 10.0. The molecule has 1 aromatic rings. The Morgan fingerprint density at radius 2 is 1.83 bits per heavy atom. The molecule has 0 radical (unpaired) electrons. The topological polar surface area (TPSA) is 43.8 Å². The van der Waals surface area contributed by atoms with Gasteiger partial charge in [-0.1, -0.05) is 18.2 Å². The summed E-state index contributed by atoms with van der Waals surface area (Å²) in [5.41, 5.74) is 3.37. The molecule has 1 aliphatic heterocycles. The number of aryl methyl sites for hydroxylation is 2. The summed E-state index contributed by atoms with van der Waals surface area (Å²) in [7, 11) is 0. The maximum Gasteiger partial charge on any atom is 0.227 e. The SMILES string of the molecule is CC(C)(O)CN1CCN(C(=O)Cc2ccc3c(c2)CCC3)CC1. The van der Waals surface area contributed by atoms with Gasteiger partial charge in [0.25, 0.3) is 0 Å². The summed E-state index contributed by atoms with van der Waals surface area (Å²) < 4.78 is 0. The van der Waals surface area contributed by atoms with Crippen LogP contribution in [0.5, 0.6) is 0 Å². The second kappa shape index (κ2) is 6.62. The number of benzene rings is 1. The van der Waals surface area contributed by atoms with Gasteiger partial charge in [-0.05, 0) is 49.8 Å². The number of fused-ring (bicyclic) bond motifs is 1. The van der Waals surface area contributed by atoms with E-state index in [1.807, 2.05) is 18.7 Å². The van der Waals surface area contributed by atoms with Crippen molar-refractivity contribution in [3.63, 3.8) is 0 Å². The molecule has 0 aromatic heterocycles. The van der Waals surface area contributed by atoms with Crippen LogP contribution >= 0.6 is 0 Å². The molecule has 126 valence electrons. The fourth-order valence-electron chi connectivity index (χ4n) is 3.72. The van der Waals surface area contributed by atoms with Gasteiger partial charge < -0.3 is 10.0 Å². The van der Waals surface area contributed by atoms with E-state index in [-0.39, 0.29) is 5.91 Å². The minimum Gasteiger partial charge on any atom is -0.389 e. The van der Waals surface area contributed by atoms with Crippen molar-refractivity contribution in [1.29, 1.82) is 0 Å². The van der Waals surface area contributed by atoms with Crippen molar-refractivity contribution in [2.75, 3.05) is 32.7 Å². The molecule has 1 heterocycles. The van der Waals surface area contributed by atoms with Crippen molar-refractivity contribution in [2.45, 2.75) is 45.1 Å². The first-order chi connectivity index (χ1) is 10.9. The van der Waals surface area contributed by atoms with E-state index in [9.17, 15) is 9.90 Å². The summed E-state index contributed by atoms with van der Waals surface area (Å²) in [6.07, 6.45) is 4.11. The molecule has 1 aromatic carbocycles. The van der Waals surface area contributed by atoms with E-state index in [2.05, 4.69) is 23.1 Å². The largest absolute Gasteiger partial charge is 0.389 e. The number of hydrogen-bond donors (Lipinski definition) is 1. The summed E-state index contributed by atoms with van der Waals surface area (Å²) in [5, 5.41) is 9.89. The van der Waals surface area contributed by atoms with Crippen LogP contribution in [-0.4, -0.2) is 59.1 Å². The van der Waals surface area contributed by atoms with Gasteiger partial charge in [-0.25, -0.2) is 0 Å². The summed E-state index contributed by atoms with van der Waals surface area (Å²) in [4.78, 5) is 16.7. The second-order valence-electron chi connectivity index (χ2n) is 7.60. The molecule has 0 bridgehead atoms. The quantitative estimate of drug-likeness (QED) is 0.918. The van der Waals surface area contributed by atoms with Gasteiger partial charge in [0.2, 0.25) is 5.91 Å². The Morgan fingerprint density at radius 1 is 1.13 bits per heavy atom. The van der Waals surface area contributed by atoms with Crippen molar-refractivity contribution in [3.8, 4) is 0 Å². The molecule has 2 aliphatic rings. The van der Waals surface area contributed by atoms with E-state index in [1.165, 1.54) is 24.0 Å². The second-order valence-corrected chi connectivity index (χ2v) is 7.60. The summed E-state index contributed by atoms with van der Waals surface area (Å²) in [5.74, 6) is 0.228. The van der Waals surface area contributed by atoms with Crippen LogP contribution in [0.3, 0.4) is 0 Å². The monoisotopic (exact) mass is 316 g/mol. The highest BCUT2D eigenvalue weighted by Crippen LogP contribution is 2.23. The summed E-state index contributed by atoms with van der Waals surface area (Å²) >= 11 is 0. The first-order valence-corrected chi connectivity index (χ1v) is 8.74. The van der Waals surface area contributed by atoms with E-state index < -0.39 is 5.60 Å². The van der Waals surface area contributed by atoms with E-state index >= 15 is 0 Å². The van der Waals surface area contributed by atoms with Gasteiger partial charge in [0.15, 0.2) is 0 Å². The zero-order valence-corrected chi connectivity index (χ0v) is 14.3. The van der Waals surface area contributed by atoms with Crippen LogP contribution in [0.1, 0.15) is 37.0 Å². The van der Waals surface area contributed by atoms with Crippen molar-refractivity contribution in [2.24, 2.45) is 0 Å². The van der Waals surface area contributed by atoms with E-state index in [0.717, 1.165) is 38.2 Å². The van der Waals surface area contributed by atoms with E-state index in [1.54, 1.807) is 0 Å². The standard InChI is InChI=1S/C19H28N2O2/c1-19(2,23)14-20-8-10-21(11-9-20)18(22)13-15-6-7-16-4-3-5-17(16)12-15/h6-7,12,23H,3-5,8-11,13-14H2,1-2H3. The van der Waals surface area contributed by atoms with Gasteiger partial charge in [0.05, 0.1) is 12.0 Å². The molecule has 0 saturated carbocycles. The number of aliphatic hydroxyl groups is 1. The average molecular weight is 316 g/mol. The molecular formula is C19H28N2O2. The maximum absolute atomic E-state index is 12.5. The number of amides is 1. The third kappa shape index (κ3) is 4.33. The Labute approximate surface area is 139 Å². The molecule has 1 amide bonds. The molecule has 3 rings (SSSR count). The average Bonchev–Trinajstić information content (AvgIpc) is 2.94. The summed E-state index contributed by atoms with van der Waals surface area (Å²) in [6.45, 7) is 7.55. The molecule has 1 aliphatic carbocycles. The van der Waals surface area contributed by atoms with Crippen molar-refractivity contribution < 1.29 is 9.90 Å². The zero-order valence-electron chi connectivity index (χ0n) is 14.3. The molecule has 1 N–H and O–H groups in total. The Kier molecular flexibility index (Phi) is 4.74. The number of β-amino-alcohol motifs (C(OH)–C–C–N with tert-alkyl or cyclic N) is 1. The minimum atomic E-state index is -0.670. The maximum atomic E-state index is 12.5. The lowest BCUT2D eigenvalue weighted by Gasteiger charge is -2.37. The molecule has 0 atom stereocenters. The molecule has 4 nitrogen and oxygen atoms in total. The molecule has 23 heavy (non-hydrogen) atoms. The van der Waals surface area contributed by atoms with Gasteiger partial charge in [-0.3, -0.25) is 9.69 Å². The van der Waals surface area contributed by atoms with Crippen LogP contribution in [0.4, 0.5) is 0 Å². The third-order valence-corrected chi connectivity index (χ3v) is 4.85. The van der Waals surface area contributed by atoms with Gasteiger partial charge >= 0.3 is 0 Å². The van der Waals surface area contributed by atoms with Crippen LogP contribution in [0, 0.1) is 0 Å². The molecular weight excluding hydrogens is 288 g/mol. The highest BCUT2D eigenvalue weighted by atomic mass is 16.3. The summed E-state index contributed by atoms with van der Waals surface area (Å²) in [6, 6.07) is 6.55. The number of carbonyl (C=O) groups is 1. The predicted octanol–water partition coefficient (Wildman–Crippen LogP) is 1.63. The van der Waals surface area contributed by atoms with E-state index in [0.29, 0.717) is 13.0 Å². The van der Waals surface area contributed by atoms with Gasteiger partial charge in [0.1, 0.15) is 0 Å². The lowest BCUT2D eigenvalue weighted by molar-refractivity contribution is -0.132. The van der Waals surface area contributed by atoms with Crippen LogP contribution in [0.25, 0.3) is 0 Å². The van der Waals surface area contributed by atoms with Crippen molar-refractivity contribution >= 4 is 5.91 Å². The molecule has 0 unspecified atom stereocenters. The molecule has 1 fully saturated rings. The zero-order chi connectivity index (χ0) is 16.4. The lowest BCUT2D eigenvalue weighted by Crippen LogP contribution is -2.52.